The third-order valence-electron chi connectivity index (χ3n) is 7.43. The molecular formula is C25H28N8OS2. The van der Waals surface area contributed by atoms with E-state index >= 15 is 0 Å². The molecule has 0 atom stereocenters. The molecule has 2 aliphatic carbocycles. The number of nitrogens with one attached hydrogen (secondary N) is 1. The van der Waals surface area contributed by atoms with Crippen LogP contribution >= 0.6 is 23.1 Å². The average molecular weight is 521 g/mol. The van der Waals surface area contributed by atoms with E-state index in [1.165, 1.54) is 43.4 Å². The molecule has 3 fully saturated rings. The number of anilines is 1. The maximum absolute atomic E-state index is 12.7. The van der Waals surface area contributed by atoms with E-state index in [0.717, 1.165) is 63.8 Å². The van der Waals surface area contributed by atoms with Crippen LogP contribution in [-0.2, 0) is 4.79 Å². The Morgan fingerprint density at radius 2 is 1.92 bits per heavy atom. The number of fused-ring (bicyclic) bond motifs is 2. The summed E-state index contributed by atoms with van der Waals surface area (Å²) >= 11 is 3.05. The van der Waals surface area contributed by atoms with Gasteiger partial charge in [-0.25, -0.2) is 4.98 Å². The van der Waals surface area contributed by atoms with Crippen molar-refractivity contribution in [2.75, 3.05) is 38.0 Å². The van der Waals surface area contributed by atoms with Crippen molar-refractivity contribution in [3.8, 4) is 0 Å². The van der Waals surface area contributed by atoms with Crippen molar-refractivity contribution in [2.24, 2.45) is 0 Å². The van der Waals surface area contributed by atoms with E-state index in [9.17, 15) is 4.79 Å². The Balaban J connectivity index is 0.997. The average Bonchev–Trinajstić information content (AvgIpc) is 3.51. The zero-order chi connectivity index (χ0) is 24.1. The van der Waals surface area contributed by atoms with Gasteiger partial charge in [-0.1, -0.05) is 17.8 Å². The maximum Gasteiger partial charge on any atom is 0.240 e. The highest BCUT2D eigenvalue weighted by atomic mass is 32.2. The van der Waals surface area contributed by atoms with Crippen LogP contribution in [0, 0.1) is 0 Å². The van der Waals surface area contributed by atoms with Crippen LogP contribution in [0.3, 0.4) is 0 Å². The fourth-order valence-corrected chi connectivity index (χ4v) is 6.79. The van der Waals surface area contributed by atoms with Gasteiger partial charge in [-0.3, -0.25) is 14.6 Å². The topological polar surface area (TPSA) is 91.5 Å². The van der Waals surface area contributed by atoms with Crippen LogP contribution in [0.1, 0.15) is 43.7 Å². The summed E-state index contributed by atoms with van der Waals surface area (Å²) in [6.45, 7) is 4.47. The van der Waals surface area contributed by atoms with E-state index in [0.29, 0.717) is 17.6 Å². The molecule has 4 heterocycles. The molecule has 4 aromatic rings. The molecule has 0 bridgehead atoms. The van der Waals surface area contributed by atoms with Gasteiger partial charge in [0.05, 0.1) is 22.5 Å². The molecule has 36 heavy (non-hydrogen) atoms. The summed E-state index contributed by atoms with van der Waals surface area (Å²) in [6, 6.07) is 11.0. The van der Waals surface area contributed by atoms with Crippen molar-refractivity contribution in [2.45, 2.75) is 54.1 Å². The smallest absolute Gasteiger partial charge is 0.240 e. The SMILES string of the molecule is O=C(CN1CCN(C2CCC2)CC1)Nc1nc2ccc(Sc3nnc4ccc(C5CC5)nn34)cc2s1. The minimum Gasteiger partial charge on any atom is -0.301 e. The first-order valence-electron chi connectivity index (χ1n) is 12.7. The minimum absolute atomic E-state index is 0.00761. The predicted octanol–water partition coefficient (Wildman–Crippen LogP) is 3.87. The highest BCUT2D eigenvalue weighted by Crippen LogP contribution is 2.39. The van der Waals surface area contributed by atoms with Crippen LogP contribution in [0.15, 0.2) is 40.4 Å². The summed E-state index contributed by atoms with van der Waals surface area (Å²) in [5.74, 6) is 0.585. The van der Waals surface area contributed by atoms with E-state index in [1.54, 1.807) is 11.8 Å². The van der Waals surface area contributed by atoms with Gasteiger partial charge in [0.2, 0.25) is 11.1 Å². The lowest BCUT2D eigenvalue weighted by Gasteiger charge is -2.42. The quantitative estimate of drug-likeness (QED) is 0.393. The van der Waals surface area contributed by atoms with E-state index in [1.807, 2.05) is 22.7 Å². The Morgan fingerprint density at radius 3 is 2.69 bits per heavy atom. The van der Waals surface area contributed by atoms with Gasteiger partial charge in [-0.2, -0.15) is 9.61 Å². The zero-order valence-electron chi connectivity index (χ0n) is 20.0. The fraction of sp³-hybridized carbons (Fsp3) is 0.480. The number of nitrogens with zero attached hydrogens (tertiary/aromatic N) is 7. The largest absolute Gasteiger partial charge is 0.301 e. The van der Waals surface area contributed by atoms with Gasteiger partial charge in [0.25, 0.3) is 0 Å². The van der Waals surface area contributed by atoms with E-state index < -0.39 is 0 Å². The molecule has 0 radical (unpaired) electrons. The summed E-state index contributed by atoms with van der Waals surface area (Å²) in [7, 11) is 0. The molecule has 1 amide bonds. The Hall–Kier alpha value is -2.60. The number of rotatable bonds is 7. The van der Waals surface area contributed by atoms with E-state index in [2.05, 4.69) is 42.4 Å². The Morgan fingerprint density at radius 1 is 1.06 bits per heavy atom. The number of carbonyl (C=O) groups excluding carboxylic acids is 1. The maximum atomic E-state index is 12.7. The molecule has 3 aromatic heterocycles. The number of carbonyl (C=O) groups is 1. The number of aromatic nitrogens is 5. The number of benzene rings is 1. The Labute approximate surface area is 217 Å². The molecule has 9 nitrogen and oxygen atoms in total. The van der Waals surface area contributed by atoms with Crippen LogP contribution in [0.5, 0.6) is 0 Å². The summed E-state index contributed by atoms with van der Waals surface area (Å²) in [5.41, 5.74) is 2.76. The molecule has 1 aromatic carbocycles. The Kier molecular flexibility index (Phi) is 5.88. The summed E-state index contributed by atoms with van der Waals surface area (Å²) in [5, 5.41) is 17.8. The lowest BCUT2D eigenvalue weighted by Crippen LogP contribution is -2.53. The van der Waals surface area contributed by atoms with Crippen LogP contribution in [-0.4, -0.2) is 79.3 Å². The van der Waals surface area contributed by atoms with Gasteiger partial charge in [0.15, 0.2) is 10.8 Å². The number of thiazole rings is 1. The summed E-state index contributed by atoms with van der Waals surface area (Å²) in [4.78, 5) is 23.2. The third kappa shape index (κ3) is 4.60. The molecule has 0 spiro atoms. The fourth-order valence-electron chi connectivity index (χ4n) is 4.97. The summed E-state index contributed by atoms with van der Waals surface area (Å²) < 4.78 is 2.87. The van der Waals surface area contributed by atoms with E-state index in [4.69, 9.17) is 5.10 Å². The molecule has 2 saturated carbocycles. The molecule has 11 heteroatoms. The van der Waals surface area contributed by atoms with Crippen LogP contribution in [0.4, 0.5) is 5.13 Å². The number of amides is 1. The summed E-state index contributed by atoms with van der Waals surface area (Å²) in [6.07, 6.45) is 6.46. The van der Waals surface area contributed by atoms with Crippen molar-refractivity contribution in [3.63, 3.8) is 0 Å². The van der Waals surface area contributed by atoms with Crippen molar-refractivity contribution in [3.05, 3.63) is 36.0 Å². The van der Waals surface area contributed by atoms with Crippen molar-refractivity contribution in [1.82, 2.24) is 34.6 Å². The first-order valence-corrected chi connectivity index (χ1v) is 14.4. The highest BCUT2D eigenvalue weighted by molar-refractivity contribution is 7.99. The molecule has 1 aliphatic heterocycles. The minimum atomic E-state index is 0.00761. The van der Waals surface area contributed by atoms with E-state index in [-0.39, 0.29) is 5.91 Å². The monoisotopic (exact) mass is 520 g/mol. The second-order valence-corrected chi connectivity index (χ2v) is 12.1. The van der Waals surface area contributed by atoms with Gasteiger partial charge in [0, 0.05) is 43.0 Å². The normalized spacial score (nSPS) is 19.7. The molecule has 186 valence electrons. The van der Waals surface area contributed by atoms with Gasteiger partial charge >= 0.3 is 0 Å². The van der Waals surface area contributed by atoms with Crippen molar-refractivity contribution < 1.29 is 4.79 Å². The second kappa shape index (κ2) is 9.37. The lowest BCUT2D eigenvalue weighted by atomic mass is 9.91. The van der Waals surface area contributed by atoms with Gasteiger partial charge in [0.1, 0.15) is 0 Å². The van der Waals surface area contributed by atoms with Gasteiger partial charge < -0.3 is 5.32 Å². The molecule has 1 N–H and O–H groups in total. The molecule has 3 aliphatic rings. The van der Waals surface area contributed by atoms with Crippen molar-refractivity contribution >= 4 is 50.0 Å². The molecule has 7 rings (SSSR count). The first kappa shape index (κ1) is 22.6. The first-order chi connectivity index (χ1) is 17.7. The third-order valence-corrected chi connectivity index (χ3v) is 9.29. The van der Waals surface area contributed by atoms with Crippen LogP contribution < -0.4 is 5.32 Å². The molecule has 1 saturated heterocycles. The lowest BCUT2D eigenvalue weighted by molar-refractivity contribution is -0.117. The molecular weight excluding hydrogens is 492 g/mol. The highest BCUT2D eigenvalue weighted by Gasteiger charge is 2.28. The van der Waals surface area contributed by atoms with Crippen molar-refractivity contribution in [1.29, 1.82) is 0 Å². The second-order valence-electron chi connectivity index (χ2n) is 9.98. The predicted molar refractivity (Wildman–Crippen MR) is 141 cm³/mol. The van der Waals surface area contributed by atoms with Gasteiger partial charge in [-0.15, -0.1) is 10.2 Å². The molecule has 0 unspecified atom stereocenters. The van der Waals surface area contributed by atoms with Crippen LogP contribution in [0.2, 0.25) is 0 Å². The Bertz CT molecular complexity index is 1420. The zero-order valence-corrected chi connectivity index (χ0v) is 21.6. The van der Waals surface area contributed by atoms with Gasteiger partial charge in [-0.05, 0) is 67.8 Å². The number of hydrogen-bond donors (Lipinski definition) is 1. The standard InChI is InChI=1S/C25H28N8OS2/c34-23(15-31-10-12-32(13-11-31)17-2-1-3-17)27-24-26-20-7-6-18(14-21(20)36-24)35-25-29-28-22-9-8-19(16-4-5-16)30-33(22)25/h6-9,14,16-17H,1-5,10-13,15H2,(H,26,27,34). The number of piperazine rings is 1. The number of hydrogen-bond acceptors (Lipinski definition) is 9. The van der Waals surface area contributed by atoms with Crippen LogP contribution in [0.25, 0.3) is 15.9 Å².